The molecule has 0 bridgehead atoms. The summed E-state index contributed by atoms with van der Waals surface area (Å²) in [6, 6.07) is 5.90. The van der Waals surface area contributed by atoms with Crippen LogP contribution in [0.15, 0.2) is 18.2 Å². The second kappa shape index (κ2) is 5.85. The van der Waals surface area contributed by atoms with Crippen LogP contribution in [0.5, 0.6) is 11.5 Å². The second-order valence-electron chi connectivity index (χ2n) is 6.42. The molecule has 1 saturated carbocycles. The smallest absolute Gasteiger partial charge is 0.161 e. The molecule has 0 radical (unpaired) electrons. The first-order chi connectivity index (χ1) is 10.1. The van der Waals surface area contributed by atoms with Crippen LogP contribution in [0.3, 0.4) is 0 Å². The third kappa shape index (κ3) is 2.74. The minimum Gasteiger partial charge on any atom is -0.504 e. The zero-order chi connectivity index (χ0) is 14.9. The molecular formula is C17H26NO3+. The molecule has 0 unspecified atom stereocenters. The quantitative estimate of drug-likeness (QED) is 0.795. The lowest BCUT2D eigenvalue weighted by molar-refractivity contribution is -0.719. The van der Waals surface area contributed by atoms with E-state index in [1.807, 2.05) is 19.1 Å². The van der Waals surface area contributed by atoms with E-state index in [4.69, 9.17) is 4.74 Å². The summed E-state index contributed by atoms with van der Waals surface area (Å²) in [5.41, 5.74) is 0.655. The summed E-state index contributed by atoms with van der Waals surface area (Å²) in [4.78, 5) is 0. The Hall–Kier alpha value is -1.26. The molecule has 4 heteroatoms. The number of aliphatic hydroxyl groups is 1. The predicted molar refractivity (Wildman–Crippen MR) is 80.3 cm³/mol. The number of benzene rings is 1. The highest BCUT2D eigenvalue weighted by atomic mass is 16.5. The number of piperidine rings is 1. The van der Waals surface area contributed by atoms with E-state index in [2.05, 4.69) is 5.32 Å². The molecule has 0 amide bonds. The molecule has 4 nitrogen and oxygen atoms in total. The summed E-state index contributed by atoms with van der Waals surface area (Å²) >= 11 is 0. The minimum absolute atomic E-state index is 0.190. The van der Waals surface area contributed by atoms with Gasteiger partial charge in [-0.05, 0) is 38.0 Å². The Morgan fingerprint density at radius 3 is 3.00 bits per heavy atom. The van der Waals surface area contributed by atoms with E-state index in [1.54, 1.807) is 6.07 Å². The van der Waals surface area contributed by atoms with Crippen LogP contribution in [0.25, 0.3) is 0 Å². The lowest BCUT2D eigenvalue weighted by Gasteiger charge is -2.46. The Morgan fingerprint density at radius 1 is 1.33 bits per heavy atom. The largest absolute Gasteiger partial charge is 0.504 e. The second-order valence-corrected chi connectivity index (χ2v) is 6.42. The molecule has 2 aliphatic rings. The number of hydrogen-bond donors (Lipinski definition) is 3. The van der Waals surface area contributed by atoms with Crippen molar-refractivity contribution in [2.75, 3.05) is 13.2 Å². The van der Waals surface area contributed by atoms with Crippen molar-refractivity contribution in [2.45, 2.75) is 50.7 Å². The summed E-state index contributed by atoms with van der Waals surface area (Å²) in [6.07, 6.45) is 5.25. The lowest BCUT2D eigenvalue weighted by atomic mass is 9.67. The molecule has 0 spiro atoms. The van der Waals surface area contributed by atoms with E-state index in [1.165, 1.54) is 6.42 Å². The van der Waals surface area contributed by atoms with Gasteiger partial charge in [-0.2, -0.15) is 0 Å². The van der Waals surface area contributed by atoms with Crippen molar-refractivity contribution in [3.05, 3.63) is 23.8 Å². The zero-order valence-corrected chi connectivity index (χ0v) is 12.7. The fourth-order valence-electron chi connectivity index (χ4n) is 4.13. The number of rotatable bonds is 3. The van der Waals surface area contributed by atoms with Gasteiger partial charge in [0.1, 0.15) is 6.04 Å². The number of ether oxygens (including phenoxy) is 1. The number of fused-ring (bicyclic) bond motifs is 1. The third-order valence-corrected chi connectivity index (χ3v) is 5.16. The van der Waals surface area contributed by atoms with Gasteiger partial charge in [-0.15, -0.1) is 0 Å². The molecule has 1 aromatic carbocycles. The number of aromatic hydroxyl groups is 1. The van der Waals surface area contributed by atoms with Crippen molar-refractivity contribution < 1.29 is 20.3 Å². The van der Waals surface area contributed by atoms with Crippen molar-refractivity contribution in [1.82, 2.24) is 0 Å². The first-order valence-corrected chi connectivity index (χ1v) is 8.15. The van der Waals surface area contributed by atoms with E-state index in [0.29, 0.717) is 18.3 Å². The average molecular weight is 292 g/mol. The monoisotopic (exact) mass is 292 g/mol. The van der Waals surface area contributed by atoms with Crippen LogP contribution in [-0.2, 0) is 0 Å². The molecule has 21 heavy (non-hydrogen) atoms. The van der Waals surface area contributed by atoms with Crippen LogP contribution in [0.1, 0.15) is 50.6 Å². The number of phenolic OH excluding ortho intramolecular Hbond substituents is 1. The van der Waals surface area contributed by atoms with Gasteiger partial charge in [-0.3, -0.25) is 0 Å². The van der Waals surface area contributed by atoms with Crippen LogP contribution in [0.2, 0.25) is 0 Å². The molecule has 3 rings (SSSR count). The van der Waals surface area contributed by atoms with E-state index in [9.17, 15) is 10.2 Å². The molecule has 1 aromatic rings. The third-order valence-electron chi connectivity index (χ3n) is 5.16. The molecule has 3 atom stereocenters. The highest BCUT2D eigenvalue weighted by Crippen LogP contribution is 2.44. The Kier molecular flexibility index (Phi) is 4.09. The lowest BCUT2D eigenvalue weighted by Crippen LogP contribution is -2.91. The van der Waals surface area contributed by atoms with Crippen molar-refractivity contribution in [3.8, 4) is 11.5 Å². The molecular weight excluding hydrogens is 266 g/mol. The standard InChI is InChI=1S/C17H25NO3/c1-2-21-15-11-12(6-7-14(15)19)16-13-5-3-4-8-17(13,20)9-10-18-16/h6-7,11,13,16,18-20H,2-5,8-10H2,1H3/p+1/t13-,16+,17-/m0/s1. The summed E-state index contributed by atoms with van der Waals surface area (Å²) in [6.45, 7) is 3.42. The maximum atomic E-state index is 10.9. The summed E-state index contributed by atoms with van der Waals surface area (Å²) in [7, 11) is 0. The molecule has 1 heterocycles. The van der Waals surface area contributed by atoms with Gasteiger partial charge in [0.25, 0.3) is 0 Å². The molecule has 1 aliphatic carbocycles. The van der Waals surface area contributed by atoms with Crippen LogP contribution in [0, 0.1) is 5.92 Å². The highest BCUT2D eigenvalue weighted by molar-refractivity contribution is 5.42. The maximum absolute atomic E-state index is 10.9. The Morgan fingerprint density at radius 2 is 2.19 bits per heavy atom. The van der Waals surface area contributed by atoms with Crippen LogP contribution in [0.4, 0.5) is 0 Å². The Bertz CT molecular complexity index is 501. The van der Waals surface area contributed by atoms with Gasteiger partial charge in [0.2, 0.25) is 0 Å². The van der Waals surface area contributed by atoms with Gasteiger partial charge < -0.3 is 20.3 Å². The number of nitrogens with two attached hydrogens (primary N) is 1. The van der Waals surface area contributed by atoms with Crippen molar-refractivity contribution in [3.63, 3.8) is 0 Å². The molecule has 2 fully saturated rings. The Balaban J connectivity index is 1.89. The van der Waals surface area contributed by atoms with Gasteiger partial charge in [-0.1, -0.05) is 12.8 Å². The fraction of sp³-hybridized carbons (Fsp3) is 0.647. The van der Waals surface area contributed by atoms with E-state index in [0.717, 1.165) is 37.8 Å². The molecule has 1 aliphatic heterocycles. The van der Waals surface area contributed by atoms with Gasteiger partial charge in [0.05, 0.1) is 18.8 Å². The zero-order valence-electron chi connectivity index (χ0n) is 12.7. The number of hydrogen-bond acceptors (Lipinski definition) is 3. The van der Waals surface area contributed by atoms with Crippen LogP contribution in [-0.4, -0.2) is 29.0 Å². The van der Waals surface area contributed by atoms with Crippen LogP contribution < -0.4 is 10.1 Å². The molecule has 4 N–H and O–H groups in total. The topological polar surface area (TPSA) is 66.3 Å². The molecule has 116 valence electrons. The summed E-state index contributed by atoms with van der Waals surface area (Å²) in [5, 5.41) is 23.2. The van der Waals surface area contributed by atoms with Crippen LogP contribution >= 0.6 is 0 Å². The maximum Gasteiger partial charge on any atom is 0.161 e. The Labute approximate surface area is 126 Å². The summed E-state index contributed by atoms with van der Waals surface area (Å²) in [5.74, 6) is 1.04. The van der Waals surface area contributed by atoms with Gasteiger partial charge in [-0.25, -0.2) is 0 Å². The number of quaternary nitrogens is 1. The van der Waals surface area contributed by atoms with Gasteiger partial charge in [0, 0.05) is 17.9 Å². The van der Waals surface area contributed by atoms with E-state index >= 15 is 0 Å². The minimum atomic E-state index is -0.499. The fourth-order valence-corrected chi connectivity index (χ4v) is 4.13. The average Bonchev–Trinajstić information content (AvgIpc) is 2.48. The highest BCUT2D eigenvalue weighted by Gasteiger charge is 2.48. The van der Waals surface area contributed by atoms with Gasteiger partial charge >= 0.3 is 0 Å². The number of phenols is 1. The first kappa shape index (κ1) is 14.7. The summed E-state index contributed by atoms with van der Waals surface area (Å²) < 4.78 is 5.50. The molecule has 1 saturated heterocycles. The molecule has 0 aromatic heterocycles. The SMILES string of the molecule is CCOc1cc([C@H]2[NH2+]CC[C@@]3(O)CCCC[C@@H]23)ccc1O. The first-order valence-electron chi connectivity index (χ1n) is 8.15. The van der Waals surface area contributed by atoms with Crippen molar-refractivity contribution in [2.24, 2.45) is 5.92 Å². The predicted octanol–water partition coefficient (Wildman–Crippen LogP) is 1.72. The van der Waals surface area contributed by atoms with Crippen molar-refractivity contribution >= 4 is 0 Å². The van der Waals surface area contributed by atoms with Gasteiger partial charge in [0.15, 0.2) is 11.5 Å². The van der Waals surface area contributed by atoms with E-state index < -0.39 is 5.60 Å². The van der Waals surface area contributed by atoms with E-state index in [-0.39, 0.29) is 11.8 Å². The normalized spacial score (nSPS) is 32.5. The van der Waals surface area contributed by atoms with Crippen molar-refractivity contribution in [1.29, 1.82) is 0 Å².